The summed E-state index contributed by atoms with van der Waals surface area (Å²) in [6.45, 7) is -3.28. The minimum Gasteiger partial charge on any atom is -0.494 e. The van der Waals surface area contributed by atoms with Crippen LogP contribution in [-0.4, -0.2) is 13.8 Å². The highest BCUT2D eigenvalue weighted by Crippen LogP contribution is 2.22. The molecule has 168 valence electrons. The molecule has 0 fully saturated rings. The van der Waals surface area contributed by atoms with E-state index in [4.69, 9.17) is 0 Å². The second-order valence-electron chi connectivity index (χ2n) is 6.30. The van der Waals surface area contributed by atoms with Crippen LogP contribution in [0.5, 0.6) is 5.75 Å². The van der Waals surface area contributed by atoms with Gasteiger partial charge in [-0.2, -0.15) is 0 Å². The maximum Gasteiger partial charge on any atom is 0.265 e. The fraction of sp³-hybridized carbons (Fsp3) is 0.0526. The van der Waals surface area contributed by atoms with Crippen molar-refractivity contribution in [3.63, 3.8) is 0 Å². The van der Waals surface area contributed by atoms with Crippen molar-refractivity contribution in [2.75, 3.05) is 7.11 Å². The number of halogens is 11. The highest BCUT2D eigenvalue weighted by Gasteiger charge is 2.42. The van der Waals surface area contributed by atoms with Gasteiger partial charge >= 0.3 is 0 Å². The second-order valence-corrected chi connectivity index (χ2v) is 6.30. The predicted octanol–water partition coefficient (Wildman–Crippen LogP) is 3.74. The van der Waals surface area contributed by atoms with E-state index in [9.17, 15) is 48.3 Å². The zero-order valence-electron chi connectivity index (χ0n) is 15.4. The lowest BCUT2D eigenvalue weighted by atomic mass is 9.36. The van der Waals surface area contributed by atoms with Crippen LogP contribution >= 0.6 is 0 Å². The average molecular weight is 470 g/mol. The number of hydrogen-bond acceptors (Lipinski definition) is 1. The smallest absolute Gasteiger partial charge is 0.265 e. The minimum atomic E-state index is -3.28. The van der Waals surface area contributed by atoms with Gasteiger partial charge in [-0.05, 0) is 0 Å². The minimum absolute atomic E-state index is 0.100. The molecule has 3 aromatic rings. The van der Waals surface area contributed by atoms with Crippen molar-refractivity contribution in [1.29, 1.82) is 0 Å². The van der Waals surface area contributed by atoms with Crippen molar-refractivity contribution in [2.45, 2.75) is 0 Å². The monoisotopic (exact) mass is 470 g/mol. The van der Waals surface area contributed by atoms with Crippen molar-refractivity contribution >= 4 is 23.1 Å². The molecule has 13 heteroatoms. The topological polar surface area (TPSA) is 9.23 Å². The van der Waals surface area contributed by atoms with Crippen molar-refractivity contribution in [3.8, 4) is 5.75 Å². The Bertz CT molecular complexity index is 1130. The molecule has 0 bridgehead atoms. The highest BCUT2D eigenvalue weighted by atomic mass is 19.2. The molecule has 0 saturated heterocycles. The summed E-state index contributed by atoms with van der Waals surface area (Å²) >= 11 is 0. The Hall–Kier alpha value is -3.25. The number of rotatable bonds is 4. The van der Waals surface area contributed by atoms with Crippen LogP contribution < -0.4 is 21.1 Å². The molecule has 32 heavy (non-hydrogen) atoms. The maximum absolute atomic E-state index is 14.9. The predicted molar refractivity (Wildman–Crippen MR) is 90.1 cm³/mol. The van der Waals surface area contributed by atoms with Crippen LogP contribution in [0, 0.1) is 64.0 Å². The summed E-state index contributed by atoms with van der Waals surface area (Å²) in [6, 6.07) is -0.588. The molecule has 0 atom stereocenters. The zero-order chi connectivity index (χ0) is 24.1. The van der Waals surface area contributed by atoms with Crippen LogP contribution in [0.2, 0.25) is 0 Å². The Morgan fingerprint density at radius 2 is 0.750 bits per heavy atom. The summed E-state index contributed by atoms with van der Waals surface area (Å²) in [5.41, 5.74) is -6.11. The van der Waals surface area contributed by atoms with E-state index in [0.717, 1.165) is 7.11 Å². The first-order valence-corrected chi connectivity index (χ1v) is 8.29. The quantitative estimate of drug-likeness (QED) is 0.321. The van der Waals surface area contributed by atoms with Crippen LogP contribution in [0.15, 0.2) is 18.2 Å². The second kappa shape index (κ2) is 8.36. The van der Waals surface area contributed by atoms with Gasteiger partial charge in [0.25, 0.3) is 6.71 Å². The van der Waals surface area contributed by atoms with Crippen LogP contribution in [0.3, 0.4) is 0 Å². The van der Waals surface area contributed by atoms with Crippen molar-refractivity contribution in [1.82, 2.24) is 0 Å². The van der Waals surface area contributed by atoms with Crippen LogP contribution in [-0.2, 0) is 0 Å². The normalized spacial score (nSPS) is 11.1. The SMILES string of the molecule is COc1cc(F)c(F)c(B(c2c(F)c(F)cc(F)c2F)c2c(F)c(F)cc(F)c2F)c1F. The molecular formula is C19H6BF11O. The van der Waals surface area contributed by atoms with E-state index >= 15 is 0 Å². The van der Waals surface area contributed by atoms with E-state index in [-0.39, 0.29) is 18.2 Å². The molecule has 3 rings (SSSR count). The third-order valence-electron chi connectivity index (χ3n) is 4.53. The first-order chi connectivity index (χ1) is 14.9. The van der Waals surface area contributed by atoms with E-state index < -0.39 is 92.8 Å². The molecule has 0 amide bonds. The molecule has 0 spiro atoms. The molecular weight excluding hydrogens is 464 g/mol. The summed E-state index contributed by atoms with van der Waals surface area (Å²) < 4.78 is 161. The van der Waals surface area contributed by atoms with Crippen LogP contribution in [0.4, 0.5) is 48.3 Å². The van der Waals surface area contributed by atoms with Crippen molar-refractivity contribution < 1.29 is 53.0 Å². The average Bonchev–Trinajstić information content (AvgIpc) is 2.73. The third-order valence-corrected chi connectivity index (χ3v) is 4.53. The van der Waals surface area contributed by atoms with Gasteiger partial charge in [0, 0.05) is 34.6 Å². The summed E-state index contributed by atoms with van der Waals surface area (Å²) in [4.78, 5) is 0. The Kier molecular flexibility index (Phi) is 6.12. The molecule has 0 heterocycles. The molecule has 1 nitrogen and oxygen atoms in total. The van der Waals surface area contributed by atoms with Gasteiger partial charge in [0.05, 0.1) is 7.11 Å². The van der Waals surface area contributed by atoms with E-state index in [1.807, 2.05) is 0 Å². The molecule has 3 aromatic carbocycles. The molecule has 0 saturated carbocycles. The van der Waals surface area contributed by atoms with Gasteiger partial charge in [-0.1, -0.05) is 0 Å². The maximum atomic E-state index is 14.9. The fourth-order valence-electron chi connectivity index (χ4n) is 3.12. The van der Waals surface area contributed by atoms with E-state index in [1.165, 1.54) is 0 Å². The van der Waals surface area contributed by atoms with Crippen molar-refractivity contribution in [2.24, 2.45) is 0 Å². The van der Waals surface area contributed by atoms with Crippen molar-refractivity contribution in [3.05, 3.63) is 82.2 Å². The van der Waals surface area contributed by atoms with E-state index in [0.29, 0.717) is 0 Å². The molecule has 0 aliphatic heterocycles. The molecule has 0 radical (unpaired) electrons. The first-order valence-electron chi connectivity index (χ1n) is 8.29. The standard InChI is InChI=1S/C19H6BF11O/c1-32-10-4-9(25)18(30)13(19(10)31)20(11-14(26)5(21)2-6(22)15(11)27)12-16(28)7(23)3-8(24)17(12)29/h2-4H,1H3. The number of hydrogen-bond donors (Lipinski definition) is 0. The van der Waals surface area contributed by atoms with E-state index in [1.54, 1.807) is 0 Å². The lowest BCUT2D eigenvalue weighted by Gasteiger charge is -2.21. The summed E-state index contributed by atoms with van der Waals surface area (Å²) in [5, 5.41) is 0. The third kappa shape index (κ3) is 3.54. The number of methoxy groups -OCH3 is 1. The van der Waals surface area contributed by atoms with Gasteiger partial charge in [-0.3, -0.25) is 0 Å². The number of benzene rings is 3. The molecule has 0 unspecified atom stereocenters. The zero-order valence-corrected chi connectivity index (χ0v) is 15.4. The van der Waals surface area contributed by atoms with Gasteiger partial charge in [0.2, 0.25) is 0 Å². The van der Waals surface area contributed by atoms with Gasteiger partial charge in [0.1, 0.15) is 0 Å². The Morgan fingerprint density at radius 1 is 0.469 bits per heavy atom. The van der Waals surface area contributed by atoms with Gasteiger partial charge < -0.3 is 4.74 Å². The highest BCUT2D eigenvalue weighted by molar-refractivity contribution is 6.95. The Balaban J connectivity index is 2.62. The number of ether oxygens (including phenoxy) is 1. The Labute approximate surface area is 172 Å². The summed E-state index contributed by atoms with van der Waals surface area (Å²) in [5.74, 6) is -25.9. The molecule has 0 aliphatic carbocycles. The summed E-state index contributed by atoms with van der Waals surface area (Å²) in [6.07, 6.45) is 0. The van der Waals surface area contributed by atoms with Gasteiger partial charge in [-0.15, -0.1) is 0 Å². The molecule has 0 N–H and O–H groups in total. The first kappa shape index (κ1) is 23.4. The molecule has 0 aliphatic rings. The lowest BCUT2D eigenvalue weighted by molar-refractivity contribution is 0.379. The Morgan fingerprint density at radius 3 is 1.06 bits per heavy atom. The van der Waals surface area contributed by atoms with Gasteiger partial charge in [-0.25, -0.2) is 48.3 Å². The summed E-state index contributed by atoms with van der Waals surface area (Å²) in [7, 11) is 0.723. The van der Waals surface area contributed by atoms with Crippen LogP contribution in [0.25, 0.3) is 0 Å². The largest absolute Gasteiger partial charge is 0.494 e. The van der Waals surface area contributed by atoms with E-state index in [2.05, 4.69) is 4.74 Å². The van der Waals surface area contributed by atoms with Crippen LogP contribution in [0.1, 0.15) is 0 Å². The lowest BCUT2D eigenvalue weighted by Crippen LogP contribution is -2.60. The molecule has 0 aromatic heterocycles. The fourth-order valence-corrected chi connectivity index (χ4v) is 3.12. The van der Waals surface area contributed by atoms with Gasteiger partial charge in [0.15, 0.2) is 69.7 Å².